The fourth-order valence-electron chi connectivity index (χ4n) is 2.60. The van der Waals surface area contributed by atoms with E-state index >= 15 is 0 Å². The van der Waals surface area contributed by atoms with Gasteiger partial charge in [0.2, 0.25) is 5.91 Å². The molecule has 6 nitrogen and oxygen atoms in total. The fraction of sp³-hybridized carbons (Fsp3) is 0.389. The Bertz CT molecular complexity index is 833. The van der Waals surface area contributed by atoms with Gasteiger partial charge in [-0.25, -0.2) is 0 Å². The standard InChI is InChI=1S/C18H21ClN4O2S/c1-4-7-23-17(12-5-6-12)21-22-18(23)26-10-16(24)20-14-8-11(2)13(19)9-15(14)25-3/h4,8-9,12H,1,5-7,10H2,2-3H3,(H,20,24). The molecule has 3 rings (SSSR count). The maximum absolute atomic E-state index is 12.4. The molecule has 0 unspecified atom stereocenters. The number of hydrogen-bond donors (Lipinski definition) is 1. The van der Waals surface area contributed by atoms with Gasteiger partial charge in [0, 0.05) is 23.6 Å². The summed E-state index contributed by atoms with van der Waals surface area (Å²) in [4.78, 5) is 12.4. The topological polar surface area (TPSA) is 69.0 Å². The van der Waals surface area contributed by atoms with E-state index < -0.39 is 0 Å². The van der Waals surface area contributed by atoms with Crippen molar-refractivity contribution in [3.63, 3.8) is 0 Å². The summed E-state index contributed by atoms with van der Waals surface area (Å²) < 4.78 is 7.33. The first kappa shape index (κ1) is 18.8. The van der Waals surface area contributed by atoms with Crippen molar-refractivity contribution in [3.8, 4) is 5.75 Å². The molecule has 0 atom stereocenters. The number of nitrogens with zero attached hydrogens (tertiary/aromatic N) is 3. The number of methoxy groups -OCH3 is 1. The quantitative estimate of drug-likeness (QED) is 0.542. The number of hydrogen-bond acceptors (Lipinski definition) is 5. The predicted molar refractivity (Wildman–Crippen MR) is 104 cm³/mol. The van der Waals surface area contributed by atoms with Crippen LogP contribution in [0.25, 0.3) is 0 Å². The average molecular weight is 393 g/mol. The van der Waals surface area contributed by atoms with Crippen molar-refractivity contribution >= 4 is 35.0 Å². The molecule has 1 aromatic heterocycles. The zero-order valence-corrected chi connectivity index (χ0v) is 16.4. The smallest absolute Gasteiger partial charge is 0.234 e. The second-order valence-electron chi connectivity index (χ2n) is 6.15. The maximum Gasteiger partial charge on any atom is 0.234 e. The van der Waals surface area contributed by atoms with Crippen molar-refractivity contribution in [2.45, 2.75) is 37.4 Å². The molecule has 138 valence electrons. The molecule has 1 aromatic carbocycles. The van der Waals surface area contributed by atoms with Crippen LogP contribution >= 0.6 is 23.4 Å². The maximum atomic E-state index is 12.4. The Balaban J connectivity index is 1.66. The molecule has 8 heteroatoms. The van der Waals surface area contributed by atoms with Gasteiger partial charge in [0.1, 0.15) is 11.6 Å². The van der Waals surface area contributed by atoms with Gasteiger partial charge in [-0.05, 0) is 31.4 Å². The van der Waals surface area contributed by atoms with Crippen molar-refractivity contribution < 1.29 is 9.53 Å². The molecule has 1 fully saturated rings. The number of anilines is 1. The lowest BCUT2D eigenvalue weighted by molar-refractivity contribution is -0.113. The summed E-state index contributed by atoms with van der Waals surface area (Å²) in [6.07, 6.45) is 4.12. The molecule has 0 bridgehead atoms. The Kier molecular flexibility index (Phi) is 5.88. The van der Waals surface area contributed by atoms with Crippen molar-refractivity contribution in [1.82, 2.24) is 14.8 Å². The normalized spacial score (nSPS) is 13.5. The lowest BCUT2D eigenvalue weighted by atomic mass is 10.2. The van der Waals surface area contributed by atoms with Crippen LogP contribution in [0.1, 0.15) is 30.1 Å². The van der Waals surface area contributed by atoms with Crippen LogP contribution in [0.2, 0.25) is 5.02 Å². The SMILES string of the molecule is C=CCn1c(SCC(=O)Nc2cc(C)c(Cl)cc2OC)nnc1C1CC1. The summed E-state index contributed by atoms with van der Waals surface area (Å²) in [6.45, 7) is 6.32. The number of rotatable bonds is 8. The number of carbonyl (C=O) groups is 1. The monoisotopic (exact) mass is 392 g/mol. The van der Waals surface area contributed by atoms with Crippen LogP contribution in [0, 0.1) is 6.92 Å². The molecule has 0 saturated heterocycles. The zero-order chi connectivity index (χ0) is 18.7. The van der Waals surface area contributed by atoms with Crippen LogP contribution in [-0.2, 0) is 11.3 Å². The Hall–Kier alpha value is -1.99. The number of allylic oxidation sites excluding steroid dienone is 1. The van der Waals surface area contributed by atoms with Crippen molar-refractivity contribution in [3.05, 3.63) is 41.2 Å². The van der Waals surface area contributed by atoms with E-state index in [1.165, 1.54) is 11.8 Å². The molecule has 26 heavy (non-hydrogen) atoms. The van der Waals surface area contributed by atoms with Crippen LogP contribution in [0.4, 0.5) is 5.69 Å². The second-order valence-corrected chi connectivity index (χ2v) is 7.50. The van der Waals surface area contributed by atoms with E-state index in [4.69, 9.17) is 16.3 Å². The summed E-state index contributed by atoms with van der Waals surface area (Å²) in [5, 5.41) is 12.7. The van der Waals surface area contributed by atoms with E-state index in [-0.39, 0.29) is 11.7 Å². The third kappa shape index (κ3) is 4.22. The van der Waals surface area contributed by atoms with Gasteiger partial charge in [-0.3, -0.25) is 4.79 Å². The van der Waals surface area contributed by atoms with Crippen molar-refractivity contribution in [2.75, 3.05) is 18.2 Å². The molecule has 1 heterocycles. The summed E-state index contributed by atoms with van der Waals surface area (Å²) in [5.74, 6) is 2.10. The van der Waals surface area contributed by atoms with Crippen LogP contribution in [0.15, 0.2) is 29.9 Å². The van der Waals surface area contributed by atoms with Crippen molar-refractivity contribution in [2.24, 2.45) is 0 Å². The van der Waals surface area contributed by atoms with Gasteiger partial charge in [0.25, 0.3) is 0 Å². The Morgan fingerprint density at radius 3 is 2.92 bits per heavy atom. The molecular formula is C18H21ClN4O2S. The summed E-state index contributed by atoms with van der Waals surface area (Å²) in [5.41, 5.74) is 1.47. The molecule has 0 aliphatic heterocycles. The lowest BCUT2D eigenvalue weighted by Gasteiger charge is -2.12. The van der Waals surface area contributed by atoms with Gasteiger partial charge in [-0.2, -0.15) is 0 Å². The minimum atomic E-state index is -0.142. The number of carbonyl (C=O) groups excluding carboxylic acids is 1. The predicted octanol–water partition coefficient (Wildman–Crippen LogP) is 4.04. The van der Waals surface area contributed by atoms with Crippen LogP contribution in [-0.4, -0.2) is 33.5 Å². The molecule has 1 aliphatic rings. The molecule has 1 N–H and O–H groups in total. The molecule has 0 spiro atoms. The minimum Gasteiger partial charge on any atom is -0.495 e. The molecule has 0 radical (unpaired) electrons. The Morgan fingerprint density at radius 2 is 2.27 bits per heavy atom. The van der Waals surface area contributed by atoms with Gasteiger partial charge in [-0.1, -0.05) is 29.4 Å². The molecule has 1 saturated carbocycles. The second kappa shape index (κ2) is 8.14. The Labute approximate surface area is 162 Å². The average Bonchev–Trinajstić information content (AvgIpc) is 3.38. The lowest BCUT2D eigenvalue weighted by Crippen LogP contribution is -2.15. The number of halogens is 1. The van der Waals surface area contributed by atoms with E-state index in [9.17, 15) is 4.79 Å². The number of nitrogens with one attached hydrogen (secondary N) is 1. The highest BCUT2D eigenvalue weighted by atomic mass is 35.5. The van der Waals surface area contributed by atoms with Gasteiger partial charge in [0.15, 0.2) is 5.16 Å². The molecule has 2 aromatic rings. The fourth-order valence-corrected chi connectivity index (χ4v) is 3.51. The third-order valence-electron chi connectivity index (χ3n) is 4.09. The van der Waals surface area contributed by atoms with Crippen molar-refractivity contribution in [1.29, 1.82) is 0 Å². The number of benzene rings is 1. The largest absolute Gasteiger partial charge is 0.495 e. The molecule has 1 aliphatic carbocycles. The molecular weight excluding hydrogens is 372 g/mol. The van der Waals surface area contributed by atoms with E-state index in [2.05, 4.69) is 22.1 Å². The first-order valence-electron chi connectivity index (χ1n) is 8.34. The van der Waals surface area contributed by atoms with E-state index in [1.807, 2.05) is 17.6 Å². The van der Waals surface area contributed by atoms with Crippen LogP contribution in [0.5, 0.6) is 5.75 Å². The zero-order valence-electron chi connectivity index (χ0n) is 14.8. The van der Waals surface area contributed by atoms with Crippen LogP contribution in [0.3, 0.4) is 0 Å². The number of amides is 1. The highest BCUT2D eigenvalue weighted by molar-refractivity contribution is 7.99. The minimum absolute atomic E-state index is 0.142. The third-order valence-corrected chi connectivity index (χ3v) is 5.46. The van der Waals surface area contributed by atoms with Gasteiger partial charge >= 0.3 is 0 Å². The van der Waals surface area contributed by atoms with E-state index in [1.54, 1.807) is 19.2 Å². The van der Waals surface area contributed by atoms with Crippen LogP contribution < -0.4 is 10.1 Å². The number of thioether (sulfide) groups is 1. The van der Waals surface area contributed by atoms with Gasteiger partial charge in [0.05, 0.1) is 18.6 Å². The van der Waals surface area contributed by atoms with E-state index in [0.717, 1.165) is 29.4 Å². The molecule has 1 amide bonds. The number of ether oxygens (including phenoxy) is 1. The van der Waals surface area contributed by atoms with E-state index in [0.29, 0.717) is 28.9 Å². The van der Waals surface area contributed by atoms with Gasteiger partial charge < -0.3 is 14.6 Å². The number of aryl methyl sites for hydroxylation is 1. The highest BCUT2D eigenvalue weighted by Crippen LogP contribution is 2.40. The summed E-state index contributed by atoms with van der Waals surface area (Å²) in [6, 6.07) is 3.50. The first-order chi connectivity index (χ1) is 12.5. The first-order valence-corrected chi connectivity index (χ1v) is 9.70. The summed E-state index contributed by atoms with van der Waals surface area (Å²) in [7, 11) is 1.54. The highest BCUT2D eigenvalue weighted by Gasteiger charge is 2.30. The Morgan fingerprint density at radius 1 is 1.50 bits per heavy atom. The van der Waals surface area contributed by atoms with Gasteiger partial charge in [-0.15, -0.1) is 16.8 Å². The summed E-state index contributed by atoms with van der Waals surface area (Å²) >= 11 is 7.46. The number of aromatic nitrogens is 3.